The van der Waals surface area contributed by atoms with Crippen molar-refractivity contribution in [1.82, 2.24) is 4.98 Å². The van der Waals surface area contributed by atoms with Crippen LogP contribution in [0.1, 0.15) is 10.4 Å². The van der Waals surface area contributed by atoms with Crippen molar-refractivity contribution < 1.29 is 31.2 Å². The van der Waals surface area contributed by atoms with E-state index in [0.29, 0.717) is 17.0 Å². The van der Waals surface area contributed by atoms with Crippen LogP contribution in [-0.2, 0) is 0 Å². The van der Waals surface area contributed by atoms with Crippen molar-refractivity contribution in [3.8, 4) is 11.5 Å². The smallest absolute Gasteiger partial charge is 0.261 e. The second-order valence-electron chi connectivity index (χ2n) is 7.13. The molecule has 1 N–H and O–H groups in total. The number of benzene rings is 4. The van der Waals surface area contributed by atoms with Crippen molar-refractivity contribution in [2.75, 3.05) is 5.32 Å². The highest BCUT2D eigenvalue weighted by Crippen LogP contribution is 2.31. The highest BCUT2D eigenvalue weighted by atomic mass is 19.2. The van der Waals surface area contributed by atoms with Gasteiger partial charge in [-0.3, -0.25) is 4.79 Å². The number of halogens is 5. The molecule has 0 fully saturated rings. The number of hydrogen-bond donors (Lipinski definition) is 1. The minimum atomic E-state index is -2.34. The molecule has 1 amide bonds. The SMILES string of the molecule is O=C(Nc1ccc2oc(-c3cccc4ccccc34)nc2c1)c1c(F)c(F)c(F)c(F)c1F. The zero-order valence-electron chi connectivity index (χ0n) is 16.4. The Balaban J connectivity index is 1.51. The van der Waals surface area contributed by atoms with E-state index < -0.39 is 40.6 Å². The van der Waals surface area contributed by atoms with E-state index in [4.69, 9.17) is 4.42 Å². The lowest BCUT2D eigenvalue weighted by Gasteiger charge is -2.09. The Bertz CT molecular complexity index is 1540. The van der Waals surface area contributed by atoms with Crippen LogP contribution in [0, 0.1) is 29.1 Å². The molecule has 0 bridgehead atoms. The van der Waals surface area contributed by atoms with Gasteiger partial charge >= 0.3 is 0 Å². The summed E-state index contributed by atoms with van der Waals surface area (Å²) in [6.45, 7) is 0. The summed E-state index contributed by atoms with van der Waals surface area (Å²) in [5, 5.41) is 4.02. The fourth-order valence-corrected chi connectivity index (χ4v) is 3.53. The largest absolute Gasteiger partial charge is 0.436 e. The summed E-state index contributed by atoms with van der Waals surface area (Å²) < 4.78 is 73.7. The summed E-state index contributed by atoms with van der Waals surface area (Å²) in [6.07, 6.45) is 0. The van der Waals surface area contributed by atoms with Crippen LogP contribution in [0.4, 0.5) is 27.6 Å². The molecule has 0 saturated heterocycles. The number of nitrogens with one attached hydrogen (secondary N) is 1. The molecular formula is C24H11F5N2O2. The molecule has 1 heterocycles. The third-order valence-electron chi connectivity index (χ3n) is 5.10. The molecule has 9 heteroatoms. The molecule has 1 aromatic heterocycles. The zero-order valence-corrected chi connectivity index (χ0v) is 16.4. The molecule has 4 aromatic carbocycles. The first-order chi connectivity index (χ1) is 15.8. The second kappa shape index (κ2) is 7.70. The van der Waals surface area contributed by atoms with Gasteiger partial charge in [0.2, 0.25) is 11.7 Å². The maximum absolute atomic E-state index is 13.9. The highest BCUT2D eigenvalue weighted by Gasteiger charge is 2.29. The normalized spacial score (nSPS) is 11.3. The van der Waals surface area contributed by atoms with Crippen LogP contribution in [0.25, 0.3) is 33.3 Å². The molecule has 0 radical (unpaired) electrons. The molecule has 5 aromatic rings. The summed E-state index contributed by atoms with van der Waals surface area (Å²) in [5.41, 5.74) is -0.145. The first-order valence-corrected chi connectivity index (χ1v) is 9.56. The quantitative estimate of drug-likeness (QED) is 0.190. The van der Waals surface area contributed by atoms with Crippen molar-refractivity contribution in [3.63, 3.8) is 0 Å². The number of rotatable bonds is 3. The lowest BCUT2D eigenvalue weighted by atomic mass is 10.0. The van der Waals surface area contributed by atoms with Crippen LogP contribution in [0.5, 0.6) is 0 Å². The molecule has 0 spiro atoms. The Kier molecular flexibility index (Phi) is 4.81. The molecule has 164 valence electrons. The number of amides is 1. The topological polar surface area (TPSA) is 55.1 Å². The first-order valence-electron chi connectivity index (χ1n) is 9.56. The van der Waals surface area contributed by atoms with Crippen LogP contribution in [-0.4, -0.2) is 10.9 Å². The Morgan fingerprint density at radius 3 is 2.21 bits per heavy atom. The van der Waals surface area contributed by atoms with Gasteiger partial charge in [0.1, 0.15) is 11.1 Å². The Hall–Kier alpha value is -4.27. The predicted octanol–water partition coefficient (Wildman–Crippen LogP) is 6.60. The Morgan fingerprint density at radius 1 is 0.788 bits per heavy atom. The van der Waals surface area contributed by atoms with Crippen LogP contribution in [0.2, 0.25) is 0 Å². The predicted molar refractivity (Wildman–Crippen MR) is 111 cm³/mol. The van der Waals surface area contributed by atoms with Crippen molar-refractivity contribution in [2.45, 2.75) is 0 Å². The maximum atomic E-state index is 13.9. The van der Waals surface area contributed by atoms with Crippen molar-refractivity contribution in [2.24, 2.45) is 0 Å². The molecule has 5 rings (SSSR count). The van der Waals surface area contributed by atoms with Gasteiger partial charge in [-0.25, -0.2) is 26.9 Å². The van der Waals surface area contributed by atoms with Gasteiger partial charge < -0.3 is 9.73 Å². The fraction of sp³-hybridized carbons (Fsp3) is 0. The standard InChI is InChI=1S/C24H11F5N2O2/c25-18-17(19(26)21(28)22(29)20(18)27)23(32)30-12-8-9-16-15(10-12)31-24(33-16)14-7-3-5-11-4-1-2-6-13(11)14/h1-10H,(H,30,32). The molecule has 0 saturated carbocycles. The first kappa shape index (κ1) is 20.6. The molecule has 0 aliphatic heterocycles. The van der Waals surface area contributed by atoms with E-state index in [-0.39, 0.29) is 5.69 Å². The van der Waals surface area contributed by atoms with Crippen LogP contribution in [0.15, 0.2) is 65.1 Å². The molecule has 0 atom stereocenters. The van der Waals surface area contributed by atoms with Gasteiger partial charge in [-0.2, -0.15) is 0 Å². The molecule has 0 aliphatic carbocycles. The average Bonchev–Trinajstić information content (AvgIpc) is 3.24. The lowest BCUT2D eigenvalue weighted by molar-refractivity contribution is 0.101. The third-order valence-corrected chi connectivity index (χ3v) is 5.10. The fourth-order valence-electron chi connectivity index (χ4n) is 3.53. The van der Waals surface area contributed by atoms with Crippen molar-refractivity contribution in [1.29, 1.82) is 0 Å². The number of fused-ring (bicyclic) bond motifs is 2. The summed E-state index contributed by atoms with van der Waals surface area (Å²) >= 11 is 0. The van der Waals surface area contributed by atoms with Crippen molar-refractivity contribution >= 4 is 33.5 Å². The Morgan fingerprint density at radius 2 is 1.45 bits per heavy atom. The maximum Gasteiger partial charge on any atom is 0.261 e. The van der Waals surface area contributed by atoms with Gasteiger partial charge in [0.05, 0.1) is 0 Å². The van der Waals surface area contributed by atoms with Crippen molar-refractivity contribution in [3.05, 3.63) is 95.3 Å². The van der Waals surface area contributed by atoms with E-state index in [1.165, 1.54) is 18.2 Å². The van der Waals surface area contributed by atoms with E-state index in [0.717, 1.165) is 16.3 Å². The summed E-state index contributed by atoms with van der Waals surface area (Å²) in [6, 6.07) is 17.4. The molecule has 0 unspecified atom stereocenters. The number of nitrogens with zero attached hydrogens (tertiary/aromatic N) is 1. The summed E-state index contributed by atoms with van der Waals surface area (Å²) in [7, 11) is 0. The van der Waals surface area contributed by atoms with Gasteiger partial charge in [0, 0.05) is 11.3 Å². The van der Waals surface area contributed by atoms with Crippen LogP contribution in [0.3, 0.4) is 0 Å². The highest BCUT2D eigenvalue weighted by molar-refractivity contribution is 6.05. The van der Waals surface area contributed by atoms with E-state index in [1.54, 1.807) is 0 Å². The van der Waals surface area contributed by atoms with E-state index >= 15 is 0 Å². The number of carbonyl (C=O) groups excluding carboxylic acids is 1. The van der Waals surface area contributed by atoms with E-state index in [2.05, 4.69) is 10.3 Å². The number of carbonyl (C=O) groups is 1. The molecule has 0 aliphatic rings. The molecule has 4 nitrogen and oxygen atoms in total. The van der Waals surface area contributed by atoms with Crippen LogP contribution < -0.4 is 5.32 Å². The number of hydrogen-bond acceptors (Lipinski definition) is 3. The summed E-state index contributed by atoms with van der Waals surface area (Å²) in [5.74, 6) is -12.4. The van der Waals surface area contributed by atoms with E-state index in [1.807, 2.05) is 42.5 Å². The van der Waals surface area contributed by atoms with E-state index in [9.17, 15) is 26.7 Å². The number of anilines is 1. The van der Waals surface area contributed by atoms with Gasteiger partial charge in [0.25, 0.3) is 5.91 Å². The van der Waals surface area contributed by atoms with Gasteiger partial charge in [0.15, 0.2) is 28.9 Å². The Labute approximate surface area is 182 Å². The molecule has 33 heavy (non-hydrogen) atoms. The van der Waals surface area contributed by atoms with Crippen LogP contribution >= 0.6 is 0 Å². The minimum Gasteiger partial charge on any atom is -0.436 e. The zero-order chi connectivity index (χ0) is 23.3. The lowest BCUT2D eigenvalue weighted by Crippen LogP contribution is -2.19. The average molecular weight is 454 g/mol. The summed E-state index contributed by atoms with van der Waals surface area (Å²) in [4.78, 5) is 16.7. The third kappa shape index (κ3) is 3.38. The van der Waals surface area contributed by atoms with Gasteiger partial charge in [-0.15, -0.1) is 0 Å². The van der Waals surface area contributed by atoms with Gasteiger partial charge in [-0.05, 0) is 35.0 Å². The molecular weight excluding hydrogens is 443 g/mol. The van der Waals surface area contributed by atoms with Gasteiger partial charge in [-0.1, -0.05) is 36.4 Å². The number of aromatic nitrogens is 1. The second-order valence-corrected chi connectivity index (χ2v) is 7.13. The monoisotopic (exact) mass is 454 g/mol. The number of oxazole rings is 1. The minimum absolute atomic E-state index is 0.0224.